The third-order valence-corrected chi connectivity index (χ3v) is 2.34. The molecule has 1 aromatic carbocycles. The van der Waals surface area contributed by atoms with E-state index in [4.69, 9.17) is 14.2 Å². The van der Waals surface area contributed by atoms with Gasteiger partial charge >= 0.3 is 0 Å². The van der Waals surface area contributed by atoms with E-state index < -0.39 is 0 Å². The van der Waals surface area contributed by atoms with Crippen molar-refractivity contribution in [2.45, 2.75) is 6.42 Å². The van der Waals surface area contributed by atoms with Crippen molar-refractivity contribution in [2.24, 2.45) is 0 Å². The van der Waals surface area contributed by atoms with Crippen molar-refractivity contribution in [1.82, 2.24) is 0 Å². The summed E-state index contributed by atoms with van der Waals surface area (Å²) in [5, 5.41) is 0. The largest absolute Gasteiger partial charge is 0.492 e. The van der Waals surface area contributed by atoms with Gasteiger partial charge in [0.1, 0.15) is 11.5 Å². The van der Waals surface area contributed by atoms with Crippen molar-refractivity contribution >= 4 is 5.57 Å². The lowest BCUT2D eigenvalue weighted by Crippen LogP contribution is -2.09. The predicted octanol–water partition coefficient (Wildman–Crippen LogP) is 2.47. The van der Waals surface area contributed by atoms with Crippen LogP contribution in [0.1, 0.15) is 12.0 Å². The number of benzene rings is 1. The highest BCUT2D eigenvalue weighted by Gasteiger charge is 2.18. The Hall–Kier alpha value is -1.48. The third kappa shape index (κ3) is 1.97. The molecule has 0 aromatic heterocycles. The zero-order valence-electron chi connectivity index (χ0n) is 8.79. The molecule has 1 aliphatic heterocycles. The van der Waals surface area contributed by atoms with E-state index in [0.717, 1.165) is 29.1 Å². The third-order valence-electron chi connectivity index (χ3n) is 2.34. The molecule has 0 bridgehead atoms. The van der Waals surface area contributed by atoms with E-state index in [1.807, 2.05) is 18.2 Å². The van der Waals surface area contributed by atoms with Gasteiger partial charge in [-0.1, -0.05) is 12.6 Å². The smallest absolute Gasteiger partial charge is 0.188 e. The standard InChI is InChI=1S/C12H14O3/c1-9-6-7-14-10-4-3-5-11(12(9)10)15-8-13-2/h3-5H,1,6-8H2,2H3. The maximum absolute atomic E-state index is 5.53. The zero-order chi connectivity index (χ0) is 10.7. The molecule has 1 heterocycles. The number of hydrogen-bond acceptors (Lipinski definition) is 3. The molecule has 0 aliphatic carbocycles. The van der Waals surface area contributed by atoms with E-state index in [9.17, 15) is 0 Å². The Balaban J connectivity index is 2.34. The van der Waals surface area contributed by atoms with Crippen LogP contribution in [0.4, 0.5) is 0 Å². The first-order valence-electron chi connectivity index (χ1n) is 4.88. The average molecular weight is 206 g/mol. The fraction of sp³-hybridized carbons (Fsp3) is 0.333. The highest BCUT2D eigenvalue weighted by Crippen LogP contribution is 2.38. The fourth-order valence-corrected chi connectivity index (χ4v) is 1.63. The Kier molecular flexibility index (Phi) is 2.92. The Morgan fingerprint density at radius 3 is 3.13 bits per heavy atom. The minimum Gasteiger partial charge on any atom is -0.492 e. The summed E-state index contributed by atoms with van der Waals surface area (Å²) in [4.78, 5) is 0. The summed E-state index contributed by atoms with van der Waals surface area (Å²) in [6.45, 7) is 4.96. The van der Waals surface area contributed by atoms with Crippen LogP contribution in [0.2, 0.25) is 0 Å². The highest BCUT2D eigenvalue weighted by molar-refractivity contribution is 5.75. The zero-order valence-corrected chi connectivity index (χ0v) is 8.79. The van der Waals surface area contributed by atoms with Gasteiger partial charge in [-0.3, -0.25) is 0 Å². The molecule has 1 aliphatic rings. The minimum absolute atomic E-state index is 0.240. The van der Waals surface area contributed by atoms with Gasteiger partial charge in [0.2, 0.25) is 0 Å². The molecular weight excluding hydrogens is 192 g/mol. The second-order valence-corrected chi connectivity index (χ2v) is 3.38. The normalized spacial score (nSPS) is 14.3. The molecule has 0 saturated heterocycles. The van der Waals surface area contributed by atoms with E-state index >= 15 is 0 Å². The molecule has 0 radical (unpaired) electrons. The summed E-state index contributed by atoms with van der Waals surface area (Å²) in [7, 11) is 1.60. The predicted molar refractivity (Wildman–Crippen MR) is 58.1 cm³/mol. The van der Waals surface area contributed by atoms with Crippen LogP contribution < -0.4 is 9.47 Å². The van der Waals surface area contributed by atoms with Crippen molar-refractivity contribution in [3.8, 4) is 11.5 Å². The van der Waals surface area contributed by atoms with Crippen molar-refractivity contribution in [2.75, 3.05) is 20.5 Å². The van der Waals surface area contributed by atoms with Gasteiger partial charge in [0.25, 0.3) is 0 Å². The fourth-order valence-electron chi connectivity index (χ4n) is 1.63. The van der Waals surface area contributed by atoms with Crippen molar-refractivity contribution in [1.29, 1.82) is 0 Å². The highest BCUT2D eigenvalue weighted by atomic mass is 16.7. The second kappa shape index (κ2) is 4.36. The Morgan fingerprint density at radius 2 is 2.33 bits per heavy atom. The molecule has 15 heavy (non-hydrogen) atoms. The molecule has 3 nitrogen and oxygen atoms in total. The number of methoxy groups -OCH3 is 1. The van der Waals surface area contributed by atoms with Crippen LogP contribution in [0.25, 0.3) is 5.57 Å². The van der Waals surface area contributed by atoms with Crippen LogP contribution in [-0.4, -0.2) is 20.5 Å². The van der Waals surface area contributed by atoms with Crippen molar-refractivity contribution < 1.29 is 14.2 Å². The van der Waals surface area contributed by atoms with Crippen molar-refractivity contribution in [3.05, 3.63) is 30.3 Å². The van der Waals surface area contributed by atoms with Gasteiger partial charge < -0.3 is 14.2 Å². The molecule has 0 fully saturated rings. The quantitative estimate of drug-likeness (QED) is 0.711. The molecule has 1 aromatic rings. The van der Waals surface area contributed by atoms with E-state index in [1.165, 1.54) is 0 Å². The molecular formula is C12H14O3. The van der Waals surface area contributed by atoms with Crippen LogP contribution in [-0.2, 0) is 4.74 Å². The Bertz CT molecular complexity index is 371. The number of ether oxygens (including phenoxy) is 3. The van der Waals surface area contributed by atoms with Gasteiger partial charge in [-0.15, -0.1) is 0 Å². The van der Waals surface area contributed by atoms with Crippen LogP contribution in [0.15, 0.2) is 24.8 Å². The summed E-state index contributed by atoms with van der Waals surface area (Å²) in [5.74, 6) is 1.62. The van der Waals surface area contributed by atoms with Gasteiger partial charge in [0.05, 0.1) is 12.2 Å². The molecule has 0 amide bonds. The van der Waals surface area contributed by atoms with Crippen LogP contribution >= 0.6 is 0 Å². The molecule has 0 spiro atoms. The first kappa shape index (κ1) is 10.1. The molecule has 0 unspecified atom stereocenters. The molecule has 0 atom stereocenters. The van der Waals surface area contributed by atoms with E-state index in [1.54, 1.807) is 7.11 Å². The van der Waals surface area contributed by atoms with Crippen LogP contribution in [0, 0.1) is 0 Å². The van der Waals surface area contributed by atoms with E-state index in [-0.39, 0.29) is 6.79 Å². The summed E-state index contributed by atoms with van der Waals surface area (Å²) >= 11 is 0. The molecule has 2 rings (SSSR count). The second-order valence-electron chi connectivity index (χ2n) is 3.38. The van der Waals surface area contributed by atoms with Crippen LogP contribution in [0.5, 0.6) is 11.5 Å². The van der Waals surface area contributed by atoms with Gasteiger partial charge in [-0.2, -0.15) is 0 Å². The molecule has 80 valence electrons. The molecule has 3 heteroatoms. The average Bonchev–Trinajstić information content (AvgIpc) is 2.26. The van der Waals surface area contributed by atoms with E-state index in [0.29, 0.717) is 6.61 Å². The lowest BCUT2D eigenvalue weighted by atomic mass is 10.0. The van der Waals surface area contributed by atoms with Crippen molar-refractivity contribution in [3.63, 3.8) is 0 Å². The number of hydrogen-bond donors (Lipinski definition) is 0. The maximum atomic E-state index is 5.53. The molecule has 0 saturated carbocycles. The Morgan fingerprint density at radius 1 is 1.47 bits per heavy atom. The number of rotatable bonds is 3. The first-order valence-corrected chi connectivity index (χ1v) is 4.88. The molecule has 0 N–H and O–H groups in total. The first-order chi connectivity index (χ1) is 7.33. The lowest BCUT2D eigenvalue weighted by molar-refractivity contribution is 0.0506. The van der Waals surface area contributed by atoms with Gasteiger partial charge in [0, 0.05) is 13.5 Å². The summed E-state index contributed by atoms with van der Waals surface area (Å²) in [5.41, 5.74) is 2.03. The SMILES string of the molecule is C=C1CCOc2cccc(OCOC)c21. The van der Waals surface area contributed by atoms with Gasteiger partial charge in [-0.25, -0.2) is 0 Å². The topological polar surface area (TPSA) is 27.7 Å². The van der Waals surface area contributed by atoms with Gasteiger partial charge in [-0.05, 0) is 17.7 Å². The van der Waals surface area contributed by atoms with E-state index in [2.05, 4.69) is 6.58 Å². The monoisotopic (exact) mass is 206 g/mol. The van der Waals surface area contributed by atoms with Gasteiger partial charge in [0.15, 0.2) is 6.79 Å². The summed E-state index contributed by atoms with van der Waals surface area (Å²) < 4.78 is 15.9. The summed E-state index contributed by atoms with van der Waals surface area (Å²) in [6.07, 6.45) is 0.848. The maximum Gasteiger partial charge on any atom is 0.188 e. The van der Waals surface area contributed by atoms with Crippen LogP contribution in [0.3, 0.4) is 0 Å². The Labute approximate surface area is 89.3 Å². The minimum atomic E-state index is 0.240. The summed E-state index contributed by atoms with van der Waals surface area (Å²) in [6, 6.07) is 5.74. The lowest BCUT2D eigenvalue weighted by Gasteiger charge is -2.21. The number of fused-ring (bicyclic) bond motifs is 1.